The normalized spacial score (nSPS) is 11.8. The molecule has 0 fully saturated rings. The van der Waals surface area contributed by atoms with Gasteiger partial charge in [0.05, 0.1) is 5.69 Å². The first-order valence-electron chi connectivity index (χ1n) is 5.76. The second-order valence-corrected chi connectivity index (χ2v) is 4.89. The van der Waals surface area contributed by atoms with Gasteiger partial charge < -0.3 is 4.57 Å². The number of aryl methyl sites for hydroxylation is 1. The molecule has 3 aromatic rings. The van der Waals surface area contributed by atoms with E-state index in [2.05, 4.69) is 20.5 Å². The van der Waals surface area contributed by atoms with Crippen LogP contribution in [0.15, 0.2) is 47.2 Å². The van der Waals surface area contributed by atoms with Gasteiger partial charge in [-0.05, 0) is 28.6 Å². The van der Waals surface area contributed by atoms with E-state index in [1.807, 2.05) is 24.7 Å². The first-order valence-corrected chi connectivity index (χ1v) is 6.64. The van der Waals surface area contributed by atoms with Crippen LogP contribution in [0.25, 0.3) is 5.69 Å². The van der Waals surface area contributed by atoms with Gasteiger partial charge in [0.15, 0.2) is 4.80 Å². The Balaban J connectivity index is 1.97. The summed E-state index contributed by atoms with van der Waals surface area (Å²) in [6, 6.07) is 7.01. The van der Waals surface area contributed by atoms with Gasteiger partial charge in [0.25, 0.3) is 5.91 Å². The summed E-state index contributed by atoms with van der Waals surface area (Å²) in [5, 5.41) is 12.8. The Bertz CT molecular complexity index is 801. The molecule has 0 aliphatic rings. The van der Waals surface area contributed by atoms with Crippen molar-refractivity contribution < 1.29 is 4.79 Å². The maximum absolute atomic E-state index is 12.2. The average molecular weight is 286 g/mol. The van der Waals surface area contributed by atoms with Crippen molar-refractivity contribution in [1.29, 1.82) is 0 Å². The molecule has 0 N–H and O–H groups in total. The van der Waals surface area contributed by atoms with Gasteiger partial charge in [-0.1, -0.05) is 6.07 Å². The summed E-state index contributed by atoms with van der Waals surface area (Å²) in [4.78, 5) is 16.9. The van der Waals surface area contributed by atoms with E-state index in [0.29, 0.717) is 16.1 Å². The monoisotopic (exact) mass is 286 g/mol. The number of thiazole rings is 1. The zero-order valence-corrected chi connectivity index (χ0v) is 11.4. The van der Waals surface area contributed by atoms with Crippen molar-refractivity contribution >= 4 is 17.2 Å². The molecule has 0 unspecified atom stereocenters. The van der Waals surface area contributed by atoms with Gasteiger partial charge in [-0.2, -0.15) is 4.99 Å². The maximum atomic E-state index is 12.2. The van der Waals surface area contributed by atoms with Crippen molar-refractivity contribution in [2.75, 3.05) is 0 Å². The lowest BCUT2D eigenvalue weighted by molar-refractivity contribution is 0.0998. The van der Waals surface area contributed by atoms with Crippen molar-refractivity contribution in [3.8, 4) is 5.69 Å². The van der Waals surface area contributed by atoms with Crippen LogP contribution >= 0.6 is 11.3 Å². The number of carbonyl (C=O) groups is 1. The summed E-state index contributed by atoms with van der Waals surface area (Å²) in [5.74, 6) is -0.294. The van der Waals surface area contributed by atoms with Crippen molar-refractivity contribution in [1.82, 2.24) is 24.8 Å². The molecule has 3 rings (SSSR count). The molecule has 7 nitrogen and oxygen atoms in total. The predicted octanol–water partition coefficient (Wildman–Crippen LogP) is 0.803. The third-order valence-electron chi connectivity index (χ3n) is 2.66. The first kappa shape index (κ1) is 12.4. The van der Waals surface area contributed by atoms with Gasteiger partial charge in [0.2, 0.25) is 0 Å². The quantitative estimate of drug-likeness (QED) is 0.698. The Morgan fingerprint density at radius 3 is 3.00 bits per heavy atom. The van der Waals surface area contributed by atoms with E-state index < -0.39 is 0 Å². The van der Waals surface area contributed by atoms with Crippen molar-refractivity contribution in [3.05, 3.63) is 52.5 Å². The highest BCUT2D eigenvalue weighted by Gasteiger charge is 2.07. The molecule has 20 heavy (non-hydrogen) atoms. The van der Waals surface area contributed by atoms with Crippen LogP contribution in [0, 0.1) is 0 Å². The van der Waals surface area contributed by atoms with E-state index in [0.717, 1.165) is 0 Å². The van der Waals surface area contributed by atoms with Gasteiger partial charge >= 0.3 is 0 Å². The molecule has 0 atom stereocenters. The number of rotatable bonds is 2. The number of tetrazole rings is 1. The lowest BCUT2D eigenvalue weighted by Gasteiger charge is -2.00. The minimum atomic E-state index is -0.294. The Labute approximate surface area is 117 Å². The first-order chi connectivity index (χ1) is 9.74. The minimum absolute atomic E-state index is 0.294. The molecule has 0 saturated heterocycles. The largest absolute Gasteiger partial charge is 0.327 e. The van der Waals surface area contributed by atoms with Crippen molar-refractivity contribution in [2.45, 2.75) is 0 Å². The van der Waals surface area contributed by atoms with E-state index in [4.69, 9.17) is 0 Å². The minimum Gasteiger partial charge on any atom is -0.327 e. The second kappa shape index (κ2) is 5.17. The lowest BCUT2D eigenvalue weighted by atomic mass is 10.2. The summed E-state index contributed by atoms with van der Waals surface area (Å²) in [5.41, 5.74) is 1.21. The van der Waals surface area contributed by atoms with Crippen LogP contribution < -0.4 is 4.80 Å². The number of benzene rings is 1. The Morgan fingerprint density at radius 1 is 1.40 bits per heavy atom. The zero-order chi connectivity index (χ0) is 13.9. The highest BCUT2D eigenvalue weighted by Crippen LogP contribution is 2.09. The zero-order valence-electron chi connectivity index (χ0n) is 10.5. The fourth-order valence-electron chi connectivity index (χ4n) is 1.65. The molecule has 8 heteroatoms. The maximum Gasteiger partial charge on any atom is 0.279 e. The predicted molar refractivity (Wildman–Crippen MR) is 72.3 cm³/mol. The Kier molecular flexibility index (Phi) is 3.21. The Hall–Kier alpha value is -2.61. The van der Waals surface area contributed by atoms with E-state index in [-0.39, 0.29) is 5.91 Å². The molecule has 0 bridgehead atoms. The summed E-state index contributed by atoms with van der Waals surface area (Å²) >= 11 is 1.41. The molecule has 0 aliphatic heterocycles. The number of amides is 1. The molecule has 1 aromatic carbocycles. The molecular weight excluding hydrogens is 276 g/mol. The fraction of sp³-hybridized carbons (Fsp3) is 0.0833. The van der Waals surface area contributed by atoms with Gasteiger partial charge in [0, 0.05) is 24.2 Å². The number of carbonyl (C=O) groups excluding carboxylic acids is 1. The number of aromatic nitrogens is 5. The summed E-state index contributed by atoms with van der Waals surface area (Å²) in [6.07, 6.45) is 3.33. The number of nitrogens with zero attached hydrogens (tertiary/aromatic N) is 6. The SMILES string of the molecule is Cn1ccsc1=NC(=O)c1cccc(-n2cnnn2)c1. The molecule has 1 amide bonds. The van der Waals surface area contributed by atoms with E-state index in [1.165, 1.54) is 22.3 Å². The molecule has 0 saturated carbocycles. The molecule has 0 spiro atoms. The van der Waals surface area contributed by atoms with Crippen LogP contribution in [0.4, 0.5) is 0 Å². The molecular formula is C12H10N6OS. The van der Waals surface area contributed by atoms with Crippen LogP contribution in [0.5, 0.6) is 0 Å². The third-order valence-corrected chi connectivity index (χ3v) is 3.51. The van der Waals surface area contributed by atoms with E-state index in [1.54, 1.807) is 22.8 Å². The Morgan fingerprint density at radius 2 is 2.30 bits per heavy atom. The van der Waals surface area contributed by atoms with Crippen molar-refractivity contribution in [3.63, 3.8) is 0 Å². The molecule has 0 aliphatic carbocycles. The molecule has 2 aromatic heterocycles. The molecule has 100 valence electrons. The van der Waals surface area contributed by atoms with Crippen LogP contribution in [0.1, 0.15) is 10.4 Å². The van der Waals surface area contributed by atoms with Gasteiger partial charge in [0.1, 0.15) is 6.33 Å². The summed E-state index contributed by atoms with van der Waals surface area (Å²) in [6.45, 7) is 0. The third kappa shape index (κ3) is 2.41. The second-order valence-electron chi connectivity index (χ2n) is 4.02. The van der Waals surface area contributed by atoms with E-state index in [9.17, 15) is 4.79 Å². The van der Waals surface area contributed by atoms with Gasteiger partial charge in [-0.25, -0.2) is 4.68 Å². The topological polar surface area (TPSA) is 78.0 Å². The number of hydrogen-bond acceptors (Lipinski definition) is 5. The van der Waals surface area contributed by atoms with Crippen LogP contribution in [-0.2, 0) is 7.05 Å². The van der Waals surface area contributed by atoms with Gasteiger partial charge in [-0.15, -0.1) is 16.4 Å². The highest BCUT2D eigenvalue weighted by atomic mass is 32.1. The fourth-order valence-corrected chi connectivity index (χ4v) is 2.38. The van der Waals surface area contributed by atoms with Crippen molar-refractivity contribution in [2.24, 2.45) is 12.0 Å². The average Bonchev–Trinajstić information content (AvgIpc) is 3.12. The summed E-state index contributed by atoms with van der Waals surface area (Å²) in [7, 11) is 1.85. The van der Waals surface area contributed by atoms with E-state index >= 15 is 0 Å². The molecule has 0 radical (unpaired) electrons. The highest BCUT2D eigenvalue weighted by molar-refractivity contribution is 7.07. The molecule has 2 heterocycles. The standard InChI is InChI=1S/C12H10N6OS/c1-17-5-6-20-12(17)14-11(19)9-3-2-4-10(7-9)18-8-13-15-16-18/h2-8H,1H3. The van der Waals surface area contributed by atoms with Gasteiger partial charge in [-0.3, -0.25) is 4.79 Å². The smallest absolute Gasteiger partial charge is 0.279 e. The van der Waals surface area contributed by atoms with Crippen LogP contribution in [-0.4, -0.2) is 30.7 Å². The lowest BCUT2D eigenvalue weighted by Crippen LogP contribution is -2.12. The van der Waals surface area contributed by atoms with Crippen LogP contribution in [0.3, 0.4) is 0 Å². The van der Waals surface area contributed by atoms with Crippen LogP contribution in [0.2, 0.25) is 0 Å². The summed E-state index contributed by atoms with van der Waals surface area (Å²) < 4.78 is 3.29. The number of hydrogen-bond donors (Lipinski definition) is 0.